The molecule has 0 fully saturated rings. The van der Waals surface area contributed by atoms with E-state index in [2.05, 4.69) is 34.2 Å². The molecule has 1 heterocycles. The van der Waals surface area contributed by atoms with Crippen molar-refractivity contribution in [3.8, 4) is 11.8 Å². The van der Waals surface area contributed by atoms with Crippen molar-refractivity contribution in [3.63, 3.8) is 0 Å². The number of nitriles is 1. The van der Waals surface area contributed by atoms with Crippen LogP contribution in [0.5, 0.6) is 5.75 Å². The lowest BCUT2D eigenvalue weighted by Crippen LogP contribution is -2.21. The normalized spacial score (nSPS) is 15.7. The van der Waals surface area contributed by atoms with Crippen LogP contribution in [0.4, 0.5) is 5.00 Å². The zero-order valence-electron chi connectivity index (χ0n) is 14.2. The monoisotopic (exact) mass is 448 g/mol. The molecule has 1 aromatic carbocycles. The molecule has 0 saturated carbocycles. The van der Waals surface area contributed by atoms with Crippen LogP contribution in [0, 0.1) is 21.1 Å². The topological polar surface area (TPSA) is 62.1 Å². The number of benzene rings is 1. The maximum Gasteiger partial charge on any atom is 0.262 e. The first-order valence-electron chi connectivity index (χ1n) is 8.25. The fourth-order valence-electron chi connectivity index (χ4n) is 2.99. The number of nitrogens with zero attached hydrogens (tertiary/aromatic N) is 1. The number of hydrogen-bond acceptors (Lipinski definition) is 5. The number of rotatable bonds is 4. The molecular formula is C19H17BrN2O2S2. The first-order chi connectivity index (χ1) is 12.5. The van der Waals surface area contributed by atoms with Crippen LogP contribution in [-0.4, -0.2) is 12.5 Å². The number of anilines is 1. The van der Waals surface area contributed by atoms with Crippen LogP contribution in [0.25, 0.3) is 0 Å². The van der Waals surface area contributed by atoms with Crippen molar-refractivity contribution in [2.75, 3.05) is 11.9 Å². The van der Waals surface area contributed by atoms with Crippen LogP contribution in [0.15, 0.2) is 28.7 Å². The predicted octanol–water partition coefficient (Wildman–Crippen LogP) is 5.25. The molecule has 7 heteroatoms. The molecule has 1 N–H and O–H groups in total. The van der Waals surface area contributed by atoms with Crippen molar-refractivity contribution >= 4 is 50.4 Å². The first kappa shape index (κ1) is 19.0. The molecule has 26 heavy (non-hydrogen) atoms. The van der Waals surface area contributed by atoms with E-state index < -0.39 is 0 Å². The SMILES string of the molecule is CC1CCc2c(C#N)c(NC(=O)COc3ccc(Br)cc3)sc(=S)c2C1. The Kier molecular flexibility index (Phi) is 6.07. The molecule has 1 aliphatic carbocycles. The molecule has 2 aromatic rings. The van der Waals surface area contributed by atoms with Crippen LogP contribution >= 0.6 is 39.5 Å². The van der Waals surface area contributed by atoms with Crippen molar-refractivity contribution in [1.29, 1.82) is 5.26 Å². The Balaban J connectivity index is 1.76. The zero-order chi connectivity index (χ0) is 18.7. The zero-order valence-corrected chi connectivity index (χ0v) is 17.4. The summed E-state index contributed by atoms with van der Waals surface area (Å²) in [5, 5.41) is 12.9. The van der Waals surface area contributed by atoms with E-state index in [1.54, 1.807) is 12.1 Å². The molecule has 1 aromatic heterocycles. The highest BCUT2D eigenvalue weighted by atomic mass is 79.9. The van der Waals surface area contributed by atoms with Gasteiger partial charge in [-0.1, -0.05) is 35.1 Å². The van der Waals surface area contributed by atoms with Gasteiger partial charge in [-0.25, -0.2) is 0 Å². The van der Waals surface area contributed by atoms with Gasteiger partial charge in [0, 0.05) is 4.47 Å². The maximum absolute atomic E-state index is 12.3. The molecule has 1 amide bonds. The highest BCUT2D eigenvalue weighted by Crippen LogP contribution is 2.35. The van der Waals surface area contributed by atoms with Crippen LogP contribution < -0.4 is 10.1 Å². The summed E-state index contributed by atoms with van der Waals surface area (Å²) in [4.78, 5) is 12.3. The lowest BCUT2D eigenvalue weighted by atomic mass is 9.85. The molecule has 0 bridgehead atoms. The molecule has 1 atom stereocenters. The minimum Gasteiger partial charge on any atom is -0.484 e. The largest absolute Gasteiger partial charge is 0.484 e. The fraction of sp³-hybridized carbons (Fsp3) is 0.316. The molecule has 1 aliphatic rings. The third kappa shape index (κ3) is 4.32. The third-order valence-electron chi connectivity index (χ3n) is 4.32. The number of nitrogens with one attached hydrogen (secondary N) is 1. The van der Waals surface area contributed by atoms with Gasteiger partial charge < -0.3 is 10.1 Å². The van der Waals surface area contributed by atoms with Crippen LogP contribution in [0.3, 0.4) is 0 Å². The minimum absolute atomic E-state index is 0.125. The molecular weight excluding hydrogens is 432 g/mol. The van der Waals surface area contributed by atoms with Gasteiger partial charge >= 0.3 is 0 Å². The average molecular weight is 449 g/mol. The number of halogens is 1. The number of fused-ring (bicyclic) bond motifs is 1. The number of ether oxygens (including phenoxy) is 1. The predicted molar refractivity (Wildman–Crippen MR) is 109 cm³/mol. The van der Waals surface area contributed by atoms with Gasteiger partial charge in [-0.2, -0.15) is 5.26 Å². The molecule has 0 saturated heterocycles. The lowest BCUT2D eigenvalue weighted by Gasteiger charge is -2.23. The maximum atomic E-state index is 12.3. The van der Waals surface area contributed by atoms with E-state index in [0.29, 0.717) is 22.2 Å². The summed E-state index contributed by atoms with van der Waals surface area (Å²) in [6.45, 7) is 2.07. The van der Waals surface area contributed by atoms with E-state index in [1.807, 2.05) is 12.1 Å². The molecule has 0 spiro atoms. The van der Waals surface area contributed by atoms with Gasteiger partial charge in [0.1, 0.15) is 16.8 Å². The minimum atomic E-state index is -0.306. The Morgan fingerprint density at radius 2 is 2.15 bits per heavy atom. The molecule has 0 radical (unpaired) electrons. The summed E-state index contributed by atoms with van der Waals surface area (Å²) < 4.78 is 7.19. The van der Waals surface area contributed by atoms with Crippen LogP contribution in [0.1, 0.15) is 30.0 Å². The summed E-state index contributed by atoms with van der Waals surface area (Å²) in [6.07, 6.45) is 2.76. The Morgan fingerprint density at radius 3 is 2.85 bits per heavy atom. The van der Waals surface area contributed by atoms with Crippen molar-refractivity contribution in [2.24, 2.45) is 5.92 Å². The molecule has 0 aliphatic heterocycles. The van der Waals surface area contributed by atoms with Crippen LogP contribution in [0.2, 0.25) is 0 Å². The first-order valence-corrected chi connectivity index (χ1v) is 10.3. The smallest absolute Gasteiger partial charge is 0.262 e. The third-order valence-corrected chi connectivity index (χ3v) is 6.29. The Labute approximate surface area is 169 Å². The Hall–Kier alpha value is -1.75. The molecule has 1 unspecified atom stereocenters. The van der Waals surface area contributed by atoms with Gasteiger partial charge in [0.2, 0.25) is 0 Å². The van der Waals surface area contributed by atoms with E-state index in [0.717, 1.165) is 38.7 Å². The van der Waals surface area contributed by atoms with Gasteiger partial charge in [0.15, 0.2) is 6.61 Å². The fourth-order valence-corrected chi connectivity index (χ4v) is 4.66. The second-order valence-corrected chi connectivity index (χ2v) is 8.90. The van der Waals surface area contributed by atoms with E-state index >= 15 is 0 Å². The van der Waals surface area contributed by atoms with Crippen molar-refractivity contribution in [1.82, 2.24) is 0 Å². The second kappa shape index (κ2) is 8.30. The highest BCUT2D eigenvalue weighted by Gasteiger charge is 2.23. The van der Waals surface area contributed by atoms with Crippen molar-refractivity contribution < 1.29 is 9.53 Å². The van der Waals surface area contributed by atoms with Gasteiger partial charge in [0.25, 0.3) is 5.91 Å². The van der Waals surface area contributed by atoms with Gasteiger partial charge in [0.05, 0.1) is 9.39 Å². The van der Waals surface area contributed by atoms with Gasteiger partial charge in [-0.05, 0) is 60.6 Å². The van der Waals surface area contributed by atoms with Gasteiger partial charge in [-0.15, -0.1) is 11.3 Å². The van der Waals surface area contributed by atoms with Gasteiger partial charge in [-0.3, -0.25) is 4.79 Å². The second-order valence-electron chi connectivity index (χ2n) is 6.30. The van der Waals surface area contributed by atoms with E-state index in [9.17, 15) is 10.1 Å². The number of carbonyl (C=O) groups excluding carboxylic acids is 1. The summed E-state index contributed by atoms with van der Waals surface area (Å²) in [6, 6.07) is 9.50. The number of carbonyl (C=O) groups is 1. The summed E-state index contributed by atoms with van der Waals surface area (Å²) in [5.74, 6) is 0.873. The standard InChI is InChI=1S/C19H17BrN2O2S2/c1-11-2-7-14-15(8-11)19(25)26-18(16(14)9-21)22-17(23)10-24-13-5-3-12(20)4-6-13/h3-6,11H,2,7-8,10H2,1H3,(H,22,23). The number of hydrogen-bond donors (Lipinski definition) is 1. The Morgan fingerprint density at radius 1 is 1.42 bits per heavy atom. The van der Waals surface area contributed by atoms with E-state index in [-0.39, 0.29) is 12.5 Å². The number of amides is 1. The highest BCUT2D eigenvalue weighted by molar-refractivity contribution is 9.10. The summed E-state index contributed by atoms with van der Waals surface area (Å²) in [7, 11) is 0. The summed E-state index contributed by atoms with van der Waals surface area (Å²) >= 11 is 10.2. The molecule has 134 valence electrons. The molecule has 3 rings (SSSR count). The average Bonchev–Trinajstić information content (AvgIpc) is 2.62. The van der Waals surface area contributed by atoms with E-state index in [1.165, 1.54) is 11.3 Å². The van der Waals surface area contributed by atoms with Crippen molar-refractivity contribution in [3.05, 3.63) is 49.3 Å². The Bertz CT molecular complexity index is 932. The van der Waals surface area contributed by atoms with Crippen molar-refractivity contribution in [2.45, 2.75) is 26.2 Å². The van der Waals surface area contributed by atoms with E-state index in [4.69, 9.17) is 17.0 Å². The summed E-state index contributed by atoms with van der Waals surface area (Å²) in [5.41, 5.74) is 2.64. The lowest BCUT2D eigenvalue weighted by molar-refractivity contribution is -0.118. The van der Waals surface area contributed by atoms with Crippen LogP contribution in [-0.2, 0) is 17.6 Å². The quantitative estimate of drug-likeness (QED) is 0.648. The molecule has 4 nitrogen and oxygen atoms in total.